The molecule has 0 bridgehead atoms. The number of aliphatic hydroxyl groups excluding tert-OH is 1. The van der Waals surface area contributed by atoms with Crippen molar-refractivity contribution in [2.75, 3.05) is 6.61 Å². The number of hydrogen-bond acceptors (Lipinski definition) is 16. The zero-order chi connectivity index (χ0) is 82.5. The number of nitrogens with zero attached hydrogens (tertiary/aromatic N) is 11. The van der Waals surface area contributed by atoms with Gasteiger partial charge >= 0.3 is 0 Å². The lowest BCUT2D eigenvalue weighted by Crippen LogP contribution is -2.48. The number of nitriles is 4. The molecule has 0 aliphatic heterocycles. The standard InChI is InChI=1S/C23H19ClFN3O2.2C20H13Cl2FN4O.C19H10Cl2F2N4O/c1-15-2-9-21(27-14-15)23(10-11-29,18-5-7-19(24)8-6-18)28-22(30)16-3-4-17(13-26)20(25)12-16;2*1-11-6-13(2-3-14(11)8-24)20(28)27-19(17-9-26-18(22)10-25-17)12-4-5-15(21)16(23)7-12;20-13-4-3-10(5-15(13)23)18(16-8-26-17(21)9-25-16)27-19(28)11-1-2-12(7-24)14(22)6-11/h2-9,12,14,29H,10-11H2,1H3,(H,28,30);2*2-7,9-10,19H,1H3,(H,27,28);1-6,8-9,18H,(H,27,28)/t;2*19-;18-/m.101/s1. The average molecular weight is 1670 g/mol. The molecule has 1 unspecified atom stereocenters. The molecule has 0 aliphatic carbocycles. The van der Waals surface area contributed by atoms with E-state index in [1.165, 1.54) is 97.8 Å². The van der Waals surface area contributed by atoms with Gasteiger partial charge in [0.2, 0.25) is 0 Å². The van der Waals surface area contributed by atoms with Crippen LogP contribution in [0.5, 0.6) is 0 Å². The Morgan fingerprint density at radius 2 is 0.746 bits per heavy atom. The van der Waals surface area contributed by atoms with Crippen molar-refractivity contribution in [1.29, 1.82) is 21.0 Å². The molecule has 32 heteroatoms. The van der Waals surface area contributed by atoms with Gasteiger partial charge < -0.3 is 26.4 Å². The third-order valence-corrected chi connectivity index (χ3v) is 18.6. The van der Waals surface area contributed by atoms with Crippen LogP contribution in [0.1, 0.15) is 150 Å². The molecule has 12 aromatic rings. The summed E-state index contributed by atoms with van der Waals surface area (Å²) in [6.45, 7) is 5.14. The fraction of sp³-hybridized carbons (Fsp3) is 0.110. The van der Waals surface area contributed by atoms with Crippen molar-refractivity contribution < 1.29 is 46.2 Å². The van der Waals surface area contributed by atoms with Crippen LogP contribution in [0.4, 0.5) is 22.0 Å². The smallest absolute Gasteiger partial charge is 0.252 e. The Labute approximate surface area is 683 Å². The maximum absolute atomic E-state index is 14.1. The summed E-state index contributed by atoms with van der Waals surface area (Å²) < 4.78 is 69.8. The summed E-state index contributed by atoms with van der Waals surface area (Å²) in [4.78, 5) is 80.1. The molecular formula is C82H55Cl7F5N15O5. The van der Waals surface area contributed by atoms with Crippen molar-refractivity contribution in [2.45, 2.75) is 50.9 Å². The largest absolute Gasteiger partial charge is 0.396 e. The van der Waals surface area contributed by atoms with Crippen LogP contribution in [0.15, 0.2) is 207 Å². The molecule has 0 radical (unpaired) electrons. The van der Waals surface area contributed by atoms with Crippen molar-refractivity contribution in [3.05, 3.63) is 378 Å². The predicted octanol–water partition coefficient (Wildman–Crippen LogP) is 17.8. The Morgan fingerprint density at radius 1 is 0.395 bits per heavy atom. The molecule has 4 heterocycles. The van der Waals surface area contributed by atoms with Crippen LogP contribution in [-0.2, 0) is 5.54 Å². The van der Waals surface area contributed by atoms with Crippen LogP contribution in [0.3, 0.4) is 0 Å². The molecule has 4 amide bonds. The molecule has 0 saturated carbocycles. The van der Waals surface area contributed by atoms with Crippen LogP contribution < -0.4 is 21.3 Å². The van der Waals surface area contributed by atoms with Crippen molar-refractivity contribution in [1.82, 2.24) is 56.2 Å². The van der Waals surface area contributed by atoms with Crippen molar-refractivity contribution in [3.8, 4) is 24.3 Å². The van der Waals surface area contributed by atoms with Crippen LogP contribution in [0.2, 0.25) is 35.5 Å². The first-order valence-corrected chi connectivity index (χ1v) is 35.9. The highest BCUT2D eigenvalue weighted by molar-refractivity contribution is 6.32. The third-order valence-electron chi connectivity index (χ3n) is 16.9. The van der Waals surface area contributed by atoms with Crippen LogP contribution in [0, 0.1) is 95.2 Å². The number of hydrogen-bond donors (Lipinski definition) is 5. The van der Waals surface area contributed by atoms with Gasteiger partial charge in [-0.2, -0.15) is 21.0 Å². The highest BCUT2D eigenvalue weighted by Crippen LogP contribution is 2.35. The lowest BCUT2D eigenvalue weighted by molar-refractivity contribution is 0.0892. The highest BCUT2D eigenvalue weighted by Gasteiger charge is 2.38. The van der Waals surface area contributed by atoms with E-state index in [9.17, 15) is 46.2 Å². The minimum atomic E-state index is -1.17. The van der Waals surface area contributed by atoms with E-state index in [4.69, 9.17) is 102 Å². The SMILES string of the molecule is Cc1cc(C(=O)N[C@@H](c2ccc(Cl)c(F)c2)c2cnc(Cl)cn2)ccc1C#N.Cc1cc(C(=O)N[C@H](c2ccc(Cl)c(F)c2)c2cnc(Cl)cn2)ccc1C#N.Cc1ccc(C(CCO)(NC(=O)c2ccc(C#N)c(F)c2)c2ccc(Cl)cc2)nc1.N#Cc1ccc(C(=O)N[C@H](c2ccc(Cl)c(F)c2)c2cnc(Cl)cn2)cc1F. The summed E-state index contributed by atoms with van der Waals surface area (Å²) >= 11 is 40.6. The number of halogens is 12. The van der Waals surface area contributed by atoms with E-state index >= 15 is 0 Å². The molecule has 4 atom stereocenters. The van der Waals surface area contributed by atoms with Gasteiger partial charge in [0, 0.05) is 46.5 Å². The van der Waals surface area contributed by atoms with E-state index in [0.717, 1.165) is 23.8 Å². The Bertz CT molecular complexity index is 5280. The van der Waals surface area contributed by atoms with E-state index < -0.39 is 76.4 Å². The van der Waals surface area contributed by atoms with Crippen LogP contribution >= 0.6 is 81.2 Å². The van der Waals surface area contributed by atoms with Crippen molar-refractivity contribution in [3.63, 3.8) is 0 Å². The second-order valence-corrected chi connectivity index (χ2v) is 27.3. The second-order valence-electron chi connectivity index (χ2n) is 24.5. The van der Waals surface area contributed by atoms with Gasteiger partial charge in [-0.25, -0.2) is 36.9 Å². The zero-order valence-corrected chi connectivity index (χ0v) is 64.6. The predicted molar refractivity (Wildman–Crippen MR) is 418 cm³/mol. The van der Waals surface area contributed by atoms with E-state index in [0.29, 0.717) is 77.7 Å². The Hall–Kier alpha value is -12.4. The van der Waals surface area contributed by atoms with Gasteiger partial charge in [-0.05, 0) is 187 Å². The van der Waals surface area contributed by atoms with Gasteiger partial charge in [-0.3, -0.25) is 39.1 Å². The molecule has 0 aliphatic rings. The summed E-state index contributed by atoms with van der Waals surface area (Å²) in [5.74, 6) is -5.55. The fourth-order valence-electron chi connectivity index (χ4n) is 11.0. The molecule has 0 spiro atoms. The molecular weight excluding hydrogens is 1620 g/mol. The summed E-state index contributed by atoms with van der Waals surface area (Å²) in [7, 11) is 0. The number of aromatic nitrogens is 7. The molecule has 572 valence electrons. The quantitative estimate of drug-likeness (QED) is 0.0498. The van der Waals surface area contributed by atoms with E-state index in [2.05, 4.69) is 68.3 Å². The number of carbonyl (C=O) groups excluding carboxylic acids is 4. The third kappa shape index (κ3) is 22.1. The van der Waals surface area contributed by atoms with Gasteiger partial charge in [-0.1, -0.05) is 118 Å². The average Bonchev–Trinajstić information content (AvgIpc) is 0.770. The Morgan fingerprint density at radius 3 is 1.04 bits per heavy atom. The van der Waals surface area contributed by atoms with Gasteiger partial charge in [0.1, 0.15) is 62.2 Å². The topological polar surface area (TPSA) is 322 Å². The number of aryl methyl sites for hydroxylation is 3. The van der Waals surface area contributed by atoms with Crippen LogP contribution in [-0.4, -0.2) is 70.2 Å². The molecule has 8 aromatic carbocycles. The first-order chi connectivity index (χ1) is 54.5. The lowest BCUT2D eigenvalue weighted by atomic mass is 9.82. The molecule has 12 rings (SSSR count). The molecule has 20 nitrogen and oxygen atoms in total. The number of amides is 4. The molecule has 5 N–H and O–H groups in total. The summed E-state index contributed by atoms with van der Waals surface area (Å²) in [6, 6.07) is 44.6. The van der Waals surface area contributed by atoms with Crippen molar-refractivity contribution in [2.24, 2.45) is 0 Å². The van der Waals surface area contributed by atoms with Gasteiger partial charge in [-0.15, -0.1) is 0 Å². The normalized spacial score (nSPS) is 11.8. The molecule has 0 fully saturated rings. The molecule has 4 aromatic heterocycles. The molecule has 0 saturated heterocycles. The number of rotatable bonds is 18. The summed E-state index contributed by atoms with van der Waals surface area (Å²) in [6.07, 6.45) is 9.92. The zero-order valence-electron chi connectivity index (χ0n) is 59.3. The minimum Gasteiger partial charge on any atom is -0.396 e. The monoisotopic (exact) mass is 1670 g/mol. The number of benzene rings is 8. The maximum Gasteiger partial charge on any atom is 0.252 e. The number of pyridine rings is 1. The number of carbonyl (C=O) groups is 4. The van der Waals surface area contributed by atoms with E-state index in [1.807, 2.05) is 13.0 Å². The fourth-order valence-corrected chi connectivity index (χ4v) is 11.8. The van der Waals surface area contributed by atoms with Gasteiger partial charge in [0.15, 0.2) is 0 Å². The van der Waals surface area contributed by atoms with Crippen molar-refractivity contribution >= 4 is 105 Å². The number of aliphatic hydroxyl groups is 1. The molecule has 114 heavy (non-hydrogen) atoms. The second kappa shape index (κ2) is 39.7. The lowest BCUT2D eigenvalue weighted by Gasteiger charge is -2.35. The Balaban J connectivity index is 0.000000174. The Kier molecular flexibility index (Phi) is 29.8. The summed E-state index contributed by atoms with van der Waals surface area (Å²) in [5, 5.41) is 57.8. The minimum absolute atomic E-state index is 0.0159. The first kappa shape index (κ1) is 85.6. The highest BCUT2D eigenvalue weighted by atomic mass is 35.5. The van der Waals surface area contributed by atoms with Gasteiger partial charge in [0.05, 0.1) is 128 Å². The first-order valence-electron chi connectivity index (χ1n) is 33.3. The van der Waals surface area contributed by atoms with Crippen LogP contribution in [0.25, 0.3) is 0 Å². The number of nitrogens with one attached hydrogen (secondary N) is 4. The van der Waals surface area contributed by atoms with E-state index in [-0.39, 0.29) is 71.5 Å². The van der Waals surface area contributed by atoms with Gasteiger partial charge in [0.25, 0.3) is 23.6 Å². The summed E-state index contributed by atoms with van der Waals surface area (Å²) in [5.41, 5.74) is 5.97. The maximum atomic E-state index is 14.1. The van der Waals surface area contributed by atoms with E-state index in [1.54, 1.807) is 111 Å².